The van der Waals surface area contributed by atoms with Gasteiger partial charge in [0.25, 0.3) is 11.6 Å². The van der Waals surface area contributed by atoms with Gasteiger partial charge in [0.05, 0.1) is 22.1 Å². The second-order valence-electron chi connectivity index (χ2n) is 6.57. The molecule has 1 atom stereocenters. The first-order chi connectivity index (χ1) is 14.3. The number of carbonyl (C=O) groups excluding carboxylic acids is 2. The van der Waals surface area contributed by atoms with Gasteiger partial charge in [0.1, 0.15) is 17.0 Å². The van der Waals surface area contributed by atoms with Gasteiger partial charge in [-0.15, -0.1) is 10.2 Å². The van der Waals surface area contributed by atoms with E-state index in [9.17, 15) is 24.8 Å². The van der Waals surface area contributed by atoms with Crippen molar-refractivity contribution in [3.63, 3.8) is 0 Å². The summed E-state index contributed by atoms with van der Waals surface area (Å²) in [6, 6.07) is 5.93. The maximum absolute atomic E-state index is 13.3. The van der Waals surface area contributed by atoms with Crippen molar-refractivity contribution < 1.29 is 24.0 Å². The highest BCUT2D eigenvalue weighted by Crippen LogP contribution is 2.43. The van der Waals surface area contributed by atoms with Gasteiger partial charge in [0.15, 0.2) is 11.5 Å². The molecular weight excluding hydrogens is 412 g/mol. The van der Waals surface area contributed by atoms with E-state index < -0.39 is 28.4 Å². The number of nitrogens with zero attached hydrogens (tertiary/aromatic N) is 4. The number of furan rings is 1. The minimum atomic E-state index is -1.12. The molecule has 0 saturated carbocycles. The lowest BCUT2D eigenvalue weighted by Crippen LogP contribution is -2.31. The summed E-state index contributed by atoms with van der Waals surface area (Å²) in [5.74, 6) is -1.38. The van der Waals surface area contributed by atoms with E-state index in [4.69, 9.17) is 4.42 Å². The molecule has 3 aromatic rings. The summed E-state index contributed by atoms with van der Waals surface area (Å²) in [5.41, 5.74) is 1.44. The first-order valence-corrected chi connectivity index (χ1v) is 9.56. The molecule has 0 saturated heterocycles. The zero-order valence-corrected chi connectivity index (χ0v) is 16.5. The van der Waals surface area contributed by atoms with Gasteiger partial charge >= 0.3 is 0 Å². The maximum Gasteiger partial charge on any atom is 0.296 e. The zero-order chi connectivity index (χ0) is 21.6. The van der Waals surface area contributed by atoms with Gasteiger partial charge in [0, 0.05) is 12.1 Å². The molecule has 11 heteroatoms. The number of amides is 1. The Bertz CT molecular complexity index is 1210. The summed E-state index contributed by atoms with van der Waals surface area (Å²) in [4.78, 5) is 38.0. The molecule has 1 aliphatic heterocycles. The lowest BCUT2D eigenvalue weighted by molar-refractivity contribution is -0.384. The Hall–Kier alpha value is -3.86. The van der Waals surface area contributed by atoms with Crippen molar-refractivity contribution in [3.05, 3.63) is 79.9 Å². The summed E-state index contributed by atoms with van der Waals surface area (Å²) in [6.07, 6.45) is 0. The van der Waals surface area contributed by atoms with Gasteiger partial charge in [-0.2, -0.15) is 0 Å². The van der Waals surface area contributed by atoms with Crippen molar-refractivity contribution in [1.29, 1.82) is 0 Å². The molecule has 1 amide bonds. The normalized spacial score (nSPS) is 16.4. The molecule has 3 heterocycles. The number of anilines is 1. The Labute approximate surface area is 173 Å². The van der Waals surface area contributed by atoms with E-state index in [0.29, 0.717) is 11.5 Å². The van der Waals surface area contributed by atoms with Crippen LogP contribution >= 0.6 is 11.3 Å². The minimum absolute atomic E-state index is 0.144. The van der Waals surface area contributed by atoms with Crippen LogP contribution in [-0.2, 0) is 4.79 Å². The molecular formula is C19H14N4O6S. The van der Waals surface area contributed by atoms with Crippen molar-refractivity contribution in [2.45, 2.75) is 19.9 Å². The monoisotopic (exact) mass is 426 g/mol. The number of nitro benzene ring substituents is 1. The number of non-ortho nitro benzene ring substituents is 1. The quantitative estimate of drug-likeness (QED) is 0.372. The summed E-state index contributed by atoms with van der Waals surface area (Å²) in [6.45, 7) is 3.27. The van der Waals surface area contributed by atoms with E-state index in [2.05, 4.69) is 10.2 Å². The fourth-order valence-corrected chi connectivity index (χ4v) is 4.02. The van der Waals surface area contributed by atoms with Gasteiger partial charge in [-0.1, -0.05) is 23.5 Å². The number of hydrogen-bond acceptors (Lipinski definition) is 9. The molecule has 0 bridgehead atoms. The van der Waals surface area contributed by atoms with E-state index in [1.54, 1.807) is 19.9 Å². The summed E-state index contributed by atoms with van der Waals surface area (Å²) >= 11 is 1.03. The number of rotatable bonds is 5. The lowest BCUT2D eigenvalue weighted by Gasteiger charge is -2.23. The third-order valence-electron chi connectivity index (χ3n) is 4.69. The number of nitro groups is 1. The molecule has 1 aliphatic rings. The van der Waals surface area contributed by atoms with Gasteiger partial charge in [0.2, 0.25) is 5.13 Å². The number of aryl methyl sites for hydroxylation is 2. The van der Waals surface area contributed by atoms with Gasteiger partial charge < -0.3 is 9.52 Å². The fraction of sp³-hybridized carbons (Fsp3) is 0.158. The van der Waals surface area contributed by atoms with E-state index in [1.807, 2.05) is 0 Å². The predicted molar refractivity (Wildman–Crippen MR) is 105 cm³/mol. The minimum Gasteiger partial charge on any atom is -0.503 e. The van der Waals surface area contributed by atoms with Crippen LogP contribution in [0.2, 0.25) is 0 Å². The van der Waals surface area contributed by atoms with Gasteiger partial charge in [-0.25, -0.2) is 0 Å². The number of benzene rings is 1. The Morgan fingerprint density at radius 2 is 2.10 bits per heavy atom. The molecule has 2 aromatic heterocycles. The number of aromatic nitrogens is 2. The molecule has 1 unspecified atom stereocenters. The van der Waals surface area contributed by atoms with Gasteiger partial charge in [-0.3, -0.25) is 24.6 Å². The summed E-state index contributed by atoms with van der Waals surface area (Å²) in [7, 11) is 0. The molecule has 0 spiro atoms. The Morgan fingerprint density at radius 3 is 2.70 bits per heavy atom. The van der Waals surface area contributed by atoms with Crippen LogP contribution in [0.1, 0.15) is 33.5 Å². The highest BCUT2D eigenvalue weighted by Gasteiger charge is 2.46. The van der Waals surface area contributed by atoms with Crippen LogP contribution in [0.3, 0.4) is 0 Å². The molecule has 152 valence electrons. The van der Waals surface area contributed by atoms with E-state index in [1.165, 1.54) is 29.8 Å². The third-order valence-corrected chi connectivity index (χ3v) is 5.38. The van der Waals surface area contributed by atoms with Crippen molar-refractivity contribution in [2.24, 2.45) is 0 Å². The summed E-state index contributed by atoms with van der Waals surface area (Å²) < 4.78 is 5.41. The van der Waals surface area contributed by atoms with Crippen molar-refractivity contribution >= 4 is 33.8 Å². The topological polar surface area (TPSA) is 140 Å². The number of carbonyl (C=O) groups is 2. The third kappa shape index (κ3) is 3.05. The second kappa shape index (κ2) is 7.19. The molecule has 1 N–H and O–H groups in total. The average Bonchev–Trinajstić information content (AvgIpc) is 3.41. The fourth-order valence-electron chi connectivity index (χ4n) is 3.43. The molecule has 1 aromatic carbocycles. The van der Waals surface area contributed by atoms with Crippen LogP contribution in [0.15, 0.2) is 51.6 Å². The van der Waals surface area contributed by atoms with Crippen LogP contribution in [0.25, 0.3) is 0 Å². The predicted octanol–water partition coefficient (Wildman–Crippen LogP) is 3.44. The van der Waals surface area contributed by atoms with Crippen LogP contribution < -0.4 is 4.90 Å². The van der Waals surface area contributed by atoms with Crippen molar-refractivity contribution in [2.75, 3.05) is 4.90 Å². The average molecular weight is 426 g/mol. The zero-order valence-electron chi connectivity index (χ0n) is 15.7. The lowest BCUT2D eigenvalue weighted by atomic mass is 9.92. The number of aliphatic hydroxyl groups is 1. The first-order valence-electron chi connectivity index (χ1n) is 8.68. The first kappa shape index (κ1) is 19.5. The molecule has 0 radical (unpaired) electrons. The smallest absolute Gasteiger partial charge is 0.296 e. The SMILES string of the molecule is Cc1cc(C(=O)C2=C(O)C(=O)N(c3nncs3)C2c2cccc([N+](=O)[O-])c2)c(C)o1. The van der Waals surface area contributed by atoms with Crippen LogP contribution in [-0.4, -0.2) is 31.9 Å². The Balaban J connectivity index is 1.91. The Kier molecular flexibility index (Phi) is 4.66. The van der Waals surface area contributed by atoms with Crippen LogP contribution in [0, 0.1) is 24.0 Å². The number of ketones is 1. The van der Waals surface area contributed by atoms with Crippen LogP contribution in [0.4, 0.5) is 10.8 Å². The molecule has 30 heavy (non-hydrogen) atoms. The second-order valence-corrected chi connectivity index (χ2v) is 7.38. The highest BCUT2D eigenvalue weighted by molar-refractivity contribution is 7.13. The number of hydrogen-bond donors (Lipinski definition) is 1. The number of aliphatic hydroxyl groups excluding tert-OH is 1. The maximum atomic E-state index is 13.3. The molecule has 0 fully saturated rings. The largest absolute Gasteiger partial charge is 0.503 e. The molecule has 0 aliphatic carbocycles. The molecule has 4 rings (SSSR count). The van der Waals surface area contributed by atoms with E-state index in [0.717, 1.165) is 16.2 Å². The van der Waals surface area contributed by atoms with E-state index >= 15 is 0 Å². The summed E-state index contributed by atoms with van der Waals surface area (Å²) in [5, 5.41) is 29.6. The molecule has 10 nitrogen and oxygen atoms in total. The Morgan fingerprint density at radius 1 is 1.33 bits per heavy atom. The van der Waals surface area contributed by atoms with Crippen molar-refractivity contribution in [3.8, 4) is 0 Å². The van der Waals surface area contributed by atoms with Crippen molar-refractivity contribution in [1.82, 2.24) is 10.2 Å². The standard InChI is InChI=1S/C19H14N4O6S/c1-9-6-13(10(2)29-9)16(24)14-15(11-4-3-5-12(7-11)23(27)28)22(18(26)17(14)25)19-21-20-8-30-19/h3-8,15,25H,1-2H3. The highest BCUT2D eigenvalue weighted by atomic mass is 32.1. The number of Topliss-reactive ketones (excluding diaryl/α,β-unsaturated/α-hetero) is 1. The van der Waals surface area contributed by atoms with Gasteiger partial charge in [-0.05, 0) is 25.5 Å². The van der Waals surface area contributed by atoms with Crippen LogP contribution in [0.5, 0.6) is 0 Å². The van der Waals surface area contributed by atoms with E-state index in [-0.39, 0.29) is 27.5 Å².